The lowest BCUT2D eigenvalue weighted by atomic mass is 10.2. The van der Waals surface area contributed by atoms with Crippen LogP contribution in [-0.4, -0.2) is 43.9 Å². The summed E-state index contributed by atoms with van der Waals surface area (Å²) >= 11 is 0. The number of hydrazine groups is 1. The van der Waals surface area contributed by atoms with Gasteiger partial charge in [0, 0.05) is 26.2 Å². The van der Waals surface area contributed by atoms with Gasteiger partial charge in [-0.2, -0.15) is 0 Å². The summed E-state index contributed by atoms with van der Waals surface area (Å²) in [5.41, 5.74) is 1.12. The van der Waals surface area contributed by atoms with Gasteiger partial charge in [-0.3, -0.25) is 5.84 Å². The summed E-state index contributed by atoms with van der Waals surface area (Å²) in [6, 6.07) is 6.07. The van der Waals surface area contributed by atoms with E-state index in [1.807, 2.05) is 24.1 Å². The molecule has 2 heterocycles. The third-order valence-corrected chi connectivity index (χ3v) is 3.40. The van der Waals surface area contributed by atoms with Crippen LogP contribution in [0.2, 0.25) is 0 Å². The van der Waals surface area contributed by atoms with Crippen LogP contribution in [0.4, 0.5) is 5.69 Å². The number of benzene rings is 1. The monoisotopic (exact) mass is 249 g/mol. The van der Waals surface area contributed by atoms with Crippen molar-refractivity contribution in [2.75, 3.05) is 37.7 Å². The molecule has 18 heavy (non-hydrogen) atoms. The molecule has 3 rings (SSSR count). The zero-order chi connectivity index (χ0) is 12.5. The van der Waals surface area contributed by atoms with Crippen molar-refractivity contribution in [3.63, 3.8) is 0 Å². The molecule has 2 aliphatic rings. The summed E-state index contributed by atoms with van der Waals surface area (Å²) in [5, 5.41) is 1.85. The molecule has 0 amide bonds. The van der Waals surface area contributed by atoms with E-state index < -0.39 is 0 Å². The fourth-order valence-corrected chi connectivity index (χ4v) is 2.41. The number of nitrogens with two attached hydrogens (primary N) is 1. The number of hydrogen-bond acceptors (Lipinski definition) is 5. The van der Waals surface area contributed by atoms with E-state index in [1.165, 1.54) is 0 Å². The van der Waals surface area contributed by atoms with Crippen LogP contribution in [0.1, 0.15) is 6.92 Å². The van der Waals surface area contributed by atoms with Crippen molar-refractivity contribution in [3.8, 4) is 11.5 Å². The number of anilines is 1. The van der Waals surface area contributed by atoms with Gasteiger partial charge in [-0.25, -0.2) is 5.01 Å². The molecule has 2 aliphatic heterocycles. The summed E-state index contributed by atoms with van der Waals surface area (Å²) in [7, 11) is 0. The standard InChI is InChI=1S/C13H19N3O2/c1-10-9-17-13-11(3-2-4-12(13)18-10)15-5-7-16(14)8-6-15/h2-4,10H,5-9,14H2,1H3. The Balaban J connectivity index is 1.86. The molecular weight excluding hydrogens is 230 g/mol. The van der Waals surface area contributed by atoms with Crippen molar-refractivity contribution in [3.05, 3.63) is 18.2 Å². The minimum absolute atomic E-state index is 0.119. The minimum atomic E-state index is 0.119. The first-order valence-corrected chi connectivity index (χ1v) is 6.41. The predicted molar refractivity (Wildman–Crippen MR) is 70.0 cm³/mol. The van der Waals surface area contributed by atoms with Crippen LogP contribution < -0.4 is 20.2 Å². The van der Waals surface area contributed by atoms with Crippen LogP contribution in [0, 0.1) is 0 Å². The maximum atomic E-state index is 5.84. The first-order chi connectivity index (χ1) is 8.74. The van der Waals surface area contributed by atoms with Crippen molar-refractivity contribution in [1.29, 1.82) is 0 Å². The number of piperazine rings is 1. The molecule has 0 saturated carbocycles. The molecule has 0 radical (unpaired) electrons. The molecule has 1 aromatic rings. The SMILES string of the molecule is CC1COc2c(cccc2N2CCN(N)CC2)O1. The van der Waals surface area contributed by atoms with E-state index >= 15 is 0 Å². The lowest BCUT2D eigenvalue weighted by molar-refractivity contribution is 0.104. The fourth-order valence-electron chi connectivity index (χ4n) is 2.41. The Labute approximate surface area is 107 Å². The van der Waals surface area contributed by atoms with E-state index in [4.69, 9.17) is 15.3 Å². The summed E-state index contributed by atoms with van der Waals surface area (Å²) in [6.45, 7) is 6.23. The van der Waals surface area contributed by atoms with Crippen molar-refractivity contribution in [1.82, 2.24) is 5.01 Å². The van der Waals surface area contributed by atoms with E-state index in [2.05, 4.69) is 11.0 Å². The highest BCUT2D eigenvalue weighted by atomic mass is 16.6. The van der Waals surface area contributed by atoms with Gasteiger partial charge in [0.05, 0.1) is 5.69 Å². The Bertz CT molecular complexity index is 430. The van der Waals surface area contributed by atoms with Gasteiger partial charge in [0.25, 0.3) is 0 Å². The highest BCUT2D eigenvalue weighted by Gasteiger charge is 2.24. The number of ether oxygens (including phenoxy) is 2. The highest BCUT2D eigenvalue weighted by molar-refractivity contribution is 5.65. The molecule has 1 atom stereocenters. The number of fused-ring (bicyclic) bond motifs is 1. The van der Waals surface area contributed by atoms with Crippen LogP contribution >= 0.6 is 0 Å². The quantitative estimate of drug-likeness (QED) is 0.748. The highest BCUT2D eigenvalue weighted by Crippen LogP contribution is 2.40. The lowest BCUT2D eigenvalue weighted by Gasteiger charge is -2.36. The Morgan fingerprint density at radius 2 is 2.00 bits per heavy atom. The van der Waals surface area contributed by atoms with Crippen molar-refractivity contribution >= 4 is 5.69 Å². The molecule has 0 aliphatic carbocycles. The second-order valence-electron chi connectivity index (χ2n) is 4.87. The largest absolute Gasteiger partial charge is 0.484 e. The minimum Gasteiger partial charge on any atom is -0.484 e. The first kappa shape index (κ1) is 11.6. The molecule has 0 aromatic heterocycles. The number of nitrogens with zero attached hydrogens (tertiary/aromatic N) is 2. The third kappa shape index (κ3) is 2.11. The Morgan fingerprint density at radius 1 is 1.22 bits per heavy atom. The predicted octanol–water partition coefficient (Wildman–Crippen LogP) is 0.842. The van der Waals surface area contributed by atoms with Gasteiger partial charge in [0.1, 0.15) is 12.7 Å². The molecule has 1 aromatic carbocycles. The molecule has 98 valence electrons. The topological polar surface area (TPSA) is 51.0 Å². The Kier molecular flexibility index (Phi) is 3.01. The van der Waals surface area contributed by atoms with Crippen LogP contribution in [0.3, 0.4) is 0 Å². The van der Waals surface area contributed by atoms with Gasteiger partial charge in [-0.15, -0.1) is 0 Å². The van der Waals surface area contributed by atoms with Gasteiger partial charge >= 0.3 is 0 Å². The molecule has 5 heteroatoms. The van der Waals surface area contributed by atoms with Gasteiger partial charge < -0.3 is 14.4 Å². The molecule has 5 nitrogen and oxygen atoms in total. The van der Waals surface area contributed by atoms with E-state index in [-0.39, 0.29) is 6.10 Å². The van der Waals surface area contributed by atoms with E-state index in [1.54, 1.807) is 0 Å². The van der Waals surface area contributed by atoms with Crippen LogP contribution in [0.25, 0.3) is 0 Å². The number of hydrogen-bond donors (Lipinski definition) is 1. The van der Waals surface area contributed by atoms with Crippen LogP contribution in [-0.2, 0) is 0 Å². The lowest BCUT2D eigenvalue weighted by Crippen LogP contribution is -2.49. The van der Waals surface area contributed by atoms with Crippen molar-refractivity contribution in [2.24, 2.45) is 5.84 Å². The second-order valence-corrected chi connectivity index (χ2v) is 4.87. The summed E-state index contributed by atoms with van der Waals surface area (Å²) in [5.74, 6) is 7.51. The molecular formula is C13H19N3O2. The van der Waals surface area contributed by atoms with Crippen molar-refractivity contribution in [2.45, 2.75) is 13.0 Å². The Morgan fingerprint density at radius 3 is 2.78 bits per heavy atom. The molecule has 1 fully saturated rings. The van der Waals surface area contributed by atoms with Gasteiger partial charge in [0.15, 0.2) is 11.5 Å². The Hall–Kier alpha value is -1.46. The summed E-state index contributed by atoms with van der Waals surface area (Å²) in [4.78, 5) is 2.31. The third-order valence-electron chi connectivity index (χ3n) is 3.40. The number of rotatable bonds is 1. The van der Waals surface area contributed by atoms with Crippen LogP contribution in [0.5, 0.6) is 11.5 Å². The average Bonchev–Trinajstić information content (AvgIpc) is 2.38. The van der Waals surface area contributed by atoms with E-state index in [9.17, 15) is 0 Å². The molecule has 1 unspecified atom stereocenters. The normalized spacial score (nSPS) is 24.1. The smallest absolute Gasteiger partial charge is 0.184 e. The van der Waals surface area contributed by atoms with E-state index in [0.717, 1.165) is 43.4 Å². The van der Waals surface area contributed by atoms with Gasteiger partial charge in [-0.1, -0.05) is 6.07 Å². The first-order valence-electron chi connectivity index (χ1n) is 6.41. The fraction of sp³-hybridized carbons (Fsp3) is 0.538. The van der Waals surface area contributed by atoms with Gasteiger partial charge in [-0.05, 0) is 19.1 Å². The number of para-hydroxylation sites is 1. The zero-order valence-corrected chi connectivity index (χ0v) is 10.6. The molecule has 1 saturated heterocycles. The molecule has 2 N–H and O–H groups in total. The van der Waals surface area contributed by atoms with Crippen molar-refractivity contribution < 1.29 is 9.47 Å². The summed E-state index contributed by atoms with van der Waals surface area (Å²) < 4.78 is 11.6. The maximum absolute atomic E-state index is 5.84. The molecule has 0 bridgehead atoms. The summed E-state index contributed by atoms with van der Waals surface area (Å²) in [6.07, 6.45) is 0.119. The molecule has 0 spiro atoms. The maximum Gasteiger partial charge on any atom is 0.184 e. The van der Waals surface area contributed by atoms with Crippen LogP contribution in [0.15, 0.2) is 18.2 Å². The van der Waals surface area contributed by atoms with Gasteiger partial charge in [0.2, 0.25) is 0 Å². The average molecular weight is 249 g/mol. The second kappa shape index (κ2) is 4.66. The van der Waals surface area contributed by atoms with E-state index in [0.29, 0.717) is 6.61 Å². The zero-order valence-electron chi connectivity index (χ0n) is 10.6.